The zero-order valence-corrected chi connectivity index (χ0v) is 16.5. The molecule has 1 amide bonds. The summed E-state index contributed by atoms with van der Waals surface area (Å²) in [7, 11) is -3.50. The molecule has 2 aromatic rings. The molecule has 0 heterocycles. The van der Waals surface area contributed by atoms with Gasteiger partial charge in [-0.25, -0.2) is 8.42 Å². The Morgan fingerprint density at radius 3 is 2.35 bits per heavy atom. The van der Waals surface area contributed by atoms with Crippen molar-refractivity contribution in [3.63, 3.8) is 0 Å². The van der Waals surface area contributed by atoms with Crippen LogP contribution in [0.5, 0.6) is 0 Å². The van der Waals surface area contributed by atoms with Crippen LogP contribution >= 0.6 is 0 Å². The fraction of sp³-hybridized carbons (Fsp3) is 0.350. The van der Waals surface area contributed by atoms with Gasteiger partial charge in [-0.1, -0.05) is 54.1 Å². The molecule has 0 aromatic heterocycles. The van der Waals surface area contributed by atoms with Gasteiger partial charge in [0.05, 0.1) is 18.8 Å². The van der Waals surface area contributed by atoms with E-state index in [0.29, 0.717) is 0 Å². The van der Waals surface area contributed by atoms with Crippen molar-refractivity contribution in [2.75, 3.05) is 12.8 Å². The number of hydrogen-bond acceptors (Lipinski definition) is 3. The van der Waals surface area contributed by atoms with Crippen LogP contribution in [-0.4, -0.2) is 31.4 Å². The minimum absolute atomic E-state index is 0.172. The Labute approximate surface area is 156 Å². The Bertz CT molecular complexity index is 864. The monoisotopic (exact) mass is 374 g/mol. The average Bonchev–Trinajstić information content (AvgIpc) is 2.54. The van der Waals surface area contributed by atoms with Crippen molar-refractivity contribution in [2.24, 2.45) is 0 Å². The summed E-state index contributed by atoms with van der Waals surface area (Å²) in [5.74, 6) is -0.321. The van der Waals surface area contributed by atoms with Crippen molar-refractivity contribution < 1.29 is 13.2 Å². The van der Waals surface area contributed by atoms with E-state index in [1.54, 1.807) is 0 Å². The van der Waals surface area contributed by atoms with Crippen molar-refractivity contribution >= 4 is 15.9 Å². The van der Waals surface area contributed by atoms with Crippen LogP contribution in [0.4, 0.5) is 0 Å². The molecule has 0 saturated heterocycles. The SMILES string of the molecule is Cc1ccc([C@@H](C)NC(=O)CN(Cc2ccccc2)S(C)(=O)=O)c(C)c1. The van der Waals surface area contributed by atoms with E-state index in [2.05, 4.69) is 11.4 Å². The van der Waals surface area contributed by atoms with E-state index in [4.69, 9.17) is 0 Å². The van der Waals surface area contributed by atoms with E-state index in [0.717, 1.165) is 28.5 Å². The summed E-state index contributed by atoms with van der Waals surface area (Å²) >= 11 is 0. The highest BCUT2D eigenvalue weighted by Gasteiger charge is 2.22. The van der Waals surface area contributed by atoms with Crippen molar-refractivity contribution in [1.82, 2.24) is 9.62 Å². The summed E-state index contributed by atoms with van der Waals surface area (Å²) in [6.07, 6.45) is 1.12. The van der Waals surface area contributed by atoms with Crippen molar-refractivity contribution in [2.45, 2.75) is 33.4 Å². The average molecular weight is 375 g/mol. The lowest BCUT2D eigenvalue weighted by atomic mass is 10.0. The summed E-state index contributed by atoms with van der Waals surface area (Å²) in [5, 5.41) is 2.90. The molecule has 140 valence electrons. The fourth-order valence-corrected chi connectivity index (χ4v) is 3.65. The molecule has 0 spiro atoms. The number of aryl methyl sites for hydroxylation is 2. The minimum Gasteiger partial charge on any atom is -0.348 e. The lowest BCUT2D eigenvalue weighted by molar-refractivity contribution is -0.122. The van der Waals surface area contributed by atoms with Crippen LogP contribution in [0.2, 0.25) is 0 Å². The van der Waals surface area contributed by atoms with E-state index >= 15 is 0 Å². The van der Waals surface area contributed by atoms with Gasteiger partial charge in [-0.15, -0.1) is 0 Å². The Balaban J connectivity index is 2.07. The molecular formula is C20H26N2O3S. The van der Waals surface area contributed by atoms with Gasteiger partial charge in [-0.2, -0.15) is 4.31 Å². The first-order chi connectivity index (χ1) is 12.2. The highest BCUT2D eigenvalue weighted by molar-refractivity contribution is 7.88. The smallest absolute Gasteiger partial charge is 0.235 e. The fourth-order valence-electron chi connectivity index (χ4n) is 2.91. The minimum atomic E-state index is -3.50. The number of sulfonamides is 1. The Hall–Kier alpha value is -2.18. The third-order valence-corrected chi connectivity index (χ3v) is 5.46. The summed E-state index contributed by atoms with van der Waals surface area (Å²) in [6.45, 7) is 5.89. The molecule has 0 aliphatic heterocycles. The van der Waals surface area contributed by atoms with E-state index in [1.807, 2.05) is 63.2 Å². The van der Waals surface area contributed by atoms with Gasteiger partial charge in [0, 0.05) is 6.54 Å². The van der Waals surface area contributed by atoms with Crippen LogP contribution in [0.3, 0.4) is 0 Å². The molecule has 0 bridgehead atoms. The molecule has 26 heavy (non-hydrogen) atoms. The van der Waals surface area contributed by atoms with E-state index in [-0.39, 0.29) is 25.0 Å². The number of carbonyl (C=O) groups excluding carboxylic acids is 1. The standard InChI is InChI=1S/C20H26N2O3S/c1-15-10-11-19(16(2)12-15)17(3)21-20(23)14-22(26(4,24)25)13-18-8-6-5-7-9-18/h5-12,17H,13-14H2,1-4H3,(H,21,23)/t17-/m1/s1. The molecular weight excluding hydrogens is 348 g/mol. The van der Waals surface area contributed by atoms with Gasteiger partial charge in [-0.05, 0) is 37.5 Å². The van der Waals surface area contributed by atoms with Crippen LogP contribution in [0.1, 0.15) is 35.2 Å². The Morgan fingerprint density at radius 1 is 1.12 bits per heavy atom. The van der Waals surface area contributed by atoms with Gasteiger partial charge in [-0.3, -0.25) is 4.79 Å². The summed E-state index contributed by atoms with van der Waals surface area (Å²) in [4.78, 5) is 12.4. The van der Waals surface area contributed by atoms with Gasteiger partial charge < -0.3 is 5.32 Å². The number of amides is 1. The molecule has 2 rings (SSSR count). The van der Waals surface area contributed by atoms with Crippen molar-refractivity contribution in [1.29, 1.82) is 0 Å². The Kier molecular flexibility index (Phi) is 6.56. The first-order valence-corrected chi connectivity index (χ1v) is 10.4. The Morgan fingerprint density at radius 2 is 1.77 bits per heavy atom. The third kappa shape index (κ3) is 5.68. The number of rotatable bonds is 7. The van der Waals surface area contributed by atoms with Gasteiger partial charge >= 0.3 is 0 Å². The van der Waals surface area contributed by atoms with Crippen molar-refractivity contribution in [3.8, 4) is 0 Å². The van der Waals surface area contributed by atoms with Gasteiger partial charge in [0.2, 0.25) is 15.9 Å². The first-order valence-electron chi connectivity index (χ1n) is 8.52. The van der Waals surface area contributed by atoms with Crippen LogP contribution < -0.4 is 5.32 Å². The molecule has 1 atom stereocenters. The normalized spacial score (nSPS) is 12.8. The highest BCUT2D eigenvalue weighted by atomic mass is 32.2. The number of hydrogen-bond donors (Lipinski definition) is 1. The lowest BCUT2D eigenvalue weighted by Gasteiger charge is -2.22. The van der Waals surface area contributed by atoms with Crippen LogP contribution in [0.25, 0.3) is 0 Å². The predicted octanol–water partition coefficient (Wildman–Crippen LogP) is 2.94. The first kappa shape index (κ1) is 20.1. The second kappa shape index (κ2) is 8.47. The van der Waals surface area contributed by atoms with Crippen molar-refractivity contribution in [3.05, 3.63) is 70.8 Å². The number of benzene rings is 2. The second-order valence-electron chi connectivity index (χ2n) is 6.67. The lowest BCUT2D eigenvalue weighted by Crippen LogP contribution is -2.40. The van der Waals surface area contributed by atoms with E-state index in [1.165, 1.54) is 4.31 Å². The summed E-state index contributed by atoms with van der Waals surface area (Å²) < 4.78 is 25.3. The summed E-state index contributed by atoms with van der Waals surface area (Å²) in [5.41, 5.74) is 4.13. The summed E-state index contributed by atoms with van der Waals surface area (Å²) in [6, 6.07) is 15.1. The molecule has 0 unspecified atom stereocenters. The molecule has 0 fully saturated rings. The van der Waals surface area contributed by atoms with Gasteiger partial charge in [0.25, 0.3) is 0 Å². The van der Waals surface area contributed by atoms with Crippen LogP contribution in [0, 0.1) is 13.8 Å². The molecule has 6 heteroatoms. The van der Waals surface area contributed by atoms with Gasteiger partial charge in [0.15, 0.2) is 0 Å². The number of nitrogens with one attached hydrogen (secondary N) is 1. The largest absolute Gasteiger partial charge is 0.348 e. The predicted molar refractivity (Wildman–Crippen MR) is 104 cm³/mol. The molecule has 0 aliphatic carbocycles. The maximum absolute atomic E-state index is 12.4. The quantitative estimate of drug-likeness (QED) is 0.810. The topological polar surface area (TPSA) is 66.5 Å². The van der Waals surface area contributed by atoms with E-state index in [9.17, 15) is 13.2 Å². The molecule has 2 aromatic carbocycles. The third-order valence-electron chi connectivity index (χ3n) is 4.26. The maximum atomic E-state index is 12.4. The number of nitrogens with zero attached hydrogens (tertiary/aromatic N) is 1. The van der Waals surface area contributed by atoms with Gasteiger partial charge in [0.1, 0.15) is 0 Å². The van der Waals surface area contributed by atoms with E-state index < -0.39 is 10.0 Å². The van der Waals surface area contributed by atoms with Crippen LogP contribution in [-0.2, 0) is 21.4 Å². The zero-order chi connectivity index (χ0) is 19.3. The molecule has 0 radical (unpaired) electrons. The maximum Gasteiger partial charge on any atom is 0.235 e. The highest BCUT2D eigenvalue weighted by Crippen LogP contribution is 2.18. The zero-order valence-electron chi connectivity index (χ0n) is 15.7. The molecule has 1 N–H and O–H groups in total. The second-order valence-corrected chi connectivity index (χ2v) is 8.65. The molecule has 0 aliphatic rings. The molecule has 0 saturated carbocycles. The number of carbonyl (C=O) groups is 1. The molecule has 5 nitrogen and oxygen atoms in total. The van der Waals surface area contributed by atoms with Crippen LogP contribution in [0.15, 0.2) is 48.5 Å².